The van der Waals surface area contributed by atoms with Crippen LogP contribution in [0.5, 0.6) is 11.5 Å². The number of carbonyl (C=O) groups excluding carboxylic acids is 7. The highest BCUT2D eigenvalue weighted by atomic mass is 32.3. The third-order valence-electron chi connectivity index (χ3n) is 31.9. The van der Waals surface area contributed by atoms with Gasteiger partial charge in [-0.15, -0.1) is 0 Å². The van der Waals surface area contributed by atoms with Crippen molar-refractivity contribution in [3.63, 3.8) is 0 Å². The van der Waals surface area contributed by atoms with Gasteiger partial charge in [-0.1, -0.05) is 100 Å². The van der Waals surface area contributed by atoms with Gasteiger partial charge in [-0.2, -0.15) is 8.42 Å². The Morgan fingerprint density at radius 3 is 1.38 bits per heavy atom. The van der Waals surface area contributed by atoms with E-state index in [1.165, 1.54) is 59.9 Å². The van der Waals surface area contributed by atoms with E-state index in [0.29, 0.717) is 150 Å². The van der Waals surface area contributed by atoms with Crippen LogP contribution in [0, 0.1) is 22.7 Å². The standard InChI is InChI=1S/C46H56N4O10.C45H54N4O8.2C4H6O6.H2O4S/c1-7-42(55)22-28-23-45(40(53)58-5,36-30(14-18-48(24-28)25-42)29-12-9-10-13-33(29)47-36)32-20-31-34(21-35(32)57-4)50(26-51)38-44(31)16-19-49-17-11-15-43(8-2,37(44)49)39(60-27(3)52)46(38,56)41(54)59-6;1-8-27-19-28-22-44(40(51)55-6,36-30(25-48(23-27)24-28)29-13-10-11-14-33(29)46-36)32-20-31-34(21-35(32)54-5)47(4)38-43(31)16-18-49-17-12-15-42(9-2,37(43)49)39(57-26(3)50)45(38,53)41(52)56-7;2*5-1(3(7)8)2(6)4(9)10;1-5(2,3)4/h9-13,15,20-21,26,28,37-39,47,55-56H,7-8,14,16-19,22-25H2,1-6H3;10-15,19-21,28,37-39,46,53H,8-9,16-18,22-25H2,1-7H3;2*1-2,5-6H,(H,7,8)(H,9,10);(H2,1,2,3,4)/t28-,37+,38-,39-,42+,43-,44-,45+,46+;28-,37-,38+,39+,42+,43+,44-,45-;;;/m10.../s1. The lowest BCUT2D eigenvalue weighted by Gasteiger charge is -2.63. The van der Waals surface area contributed by atoms with Crippen LogP contribution in [0.15, 0.2) is 109 Å². The Morgan fingerprint density at radius 2 is 0.951 bits per heavy atom. The van der Waals surface area contributed by atoms with Crippen LogP contribution in [0.1, 0.15) is 144 Å². The van der Waals surface area contributed by atoms with Gasteiger partial charge in [0.1, 0.15) is 22.3 Å². The number of nitrogens with zero attached hydrogens (tertiary/aromatic N) is 6. The van der Waals surface area contributed by atoms with E-state index in [2.05, 4.69) is 79.0 Å². The fraction of sp³-hybridized carbons (Fsp3) is 0.545. The first kappa shape index (κ1) is 106. The van der Waals surface area contributed by atoms with Crippen LogP contribution in [-0.4, -0.2) is 356 Å². The topological polar surface area (TPSA) is 610 Å². The summed E-state index contributed by atoms with van der Waals surface area (Å²) < 4.78 is 79.2. The molecule has 142 heavy (non-hydrogen) atoms. The number of aliphatic carboxylic acids is 4. The zero-order chi connectivity index (χ0) is 104. The van der Waals surface area contributed by atoms with Gasteiger partial charge < -0.3 is 114 Å². The summed E-state index contributed by atoms with van der Waals surface area (Å²) >= 11 is 0. The Labute approximate surface area is 817 Å². The maximum absolute atomic E-state index is 15.3. The zero-order valence-corrected chi connectivity index (χ0v) is 81.8. The molecular weight excluding hydrogens is 1880 g/mol. The minimum absolute atomic E-state index is 0.0284. The lowest BCUT2D eigenvalue weighted by molar-refractivity contribution is -0.229. The monoisotopic (exact) mass is 2000 g/mol. The largest absolute Gasteiger partial charge is 0.496 e. The van der Waals surface area contributed by atoms with Crippen LogP contribution >= 0.6 is 0 Å². The number of hydrogen-bond acceptors (Lipinski definition) is 33. The van der Waals surface area contributed by atoms with Crippen molar-refractivity contribution in [1.82, 2.24) is 29.6 Å². The molecule has 6 unspecified atom stereocenters. The summed E-state index contributed by atoms with van der Waals surface area (Å²) in [7, 11) is 5.65. The highest BCUT2D eigenvalue weighted by molar-refractivity contribution is 7.79. The zero-order valence-electron chi connectivity index (χ0n) is 80.9. The van der Waals surface area contributed by atoms with Gasteiger partial charge >= 0.3 is 70.1 Å². The third-order valence-corrected chi connectivity index (χ3v) is 31.9. The summed E-state index contributed by atoms with van der Waals surface area (Å²) in [6.45, 7) is 17.4. The van der Waals surface area contributed by atoms with Crippen molar-refractivity contribution in [2.45, 2.75) is 212 Å². The molecule has 42 nitrogen and oxygen atoms in total. The second-order valence-corrected chi connectivity index (χ2v) is 39.8. The van der Waals surface area contributed by atoms with Gasteiger partial charge in [0.15, 0.2) is 36.6 Å². The van der Waals surface area contributed by atoms with Gasteiger partial charge in [0, 0.05) is 169 Å². The van der Waals surface area contributed by atoms with Gasteiger partial charge in [-0.05, 0) is 136 Å². The molecular formula is C99H124N8O34S. The van der Waals surface area contributed by atoms with E-state index in [4.69, 9.17) is 96.3 Å². The van der Waals surface area contributed by atoms with Crippen LogP contribution < -0.4 is 19.3 Å². The first-order valence-corrected chi connectivity index (χ1v) is 48.3. The first-order valence-electron chi connectivity index (χ1n) is 46.9. The Hall–Kier alpha value is -11.8. The minimum Gasteiger partial charge on any atom is -0.496 e. The van der Waals surface area contributed by atoms with Crippen molar-refractivity contribution in [2.75, 3.05) is 118 Å². The predicted octanol–water partition coefficient (Wildman–Crippen LogP) is 3.37. The van der Waals surface area contributed by atoms with E-state index in [0.717, 1.165) is 69.4 Å². The van der Waals surface area contributed by atoms with Crippen LogP contribution in [0.2, 0.25) is 0 Å². The number of para-hydroxylation sites is 2. The Kier molecular flexibility index (Phi) is 29.6. The lowest BCUT2D eigenvalue weighted by Crippen LogP contribution is -2.81. The summed E-state index contributed by atoms with van der Waals surface area (Å²) in [4.78, 5) is 158. The van der Waals surface area contributed by atoms with Gasteiger partial charge in [-0.25, -0.2) is 28.8 Å². The second kappa shape index (κ2) is 39.7. The number of benzene rings is 4. The van der Waals surface area contributed by atoms with E-state index in [-0.39, 0.29) is 30.3 Å². The number of aromatic nitrogens is 2. The average molecular weight is 2000 g/mol. The molecule has 12 heterocycles. The second-order valence-electron chi connectivity index (χ2n) is 38.9. The molecule has 4 aromatic carbocycles. The first-order chi connectivity index (χ1) is 67.1. The number of aromatic amines is 2. The summed E-state index contributed by atoms with van der Waals surface area (Å²) in [5, 5.41) is 106. The summed E-state index contributed by atoms with van der Waals surface area (Å²) in [5.41, 5.74) is -2.10. The molecule has 23 atom stereocenters. The number of piperidine rings is 1. The number of nitrogens with one attached hydrogen (secondary N) is 2. The molecule has 5 fully saturated rings. The van der Waals surface area contributed by atoms with Crippen LogP contribution in [0.25, 0.3) is 21.8 Å². The molecule has 1 amide bonds. The number of carbonyl (C=O) groups is 11. The minimum atomic E-state index is -4.67. The summed E-state index contributed by atoms with van der Waals surface area (Å²) in [6.07, 6.45) is 4.44. The molecule has 2 aliphatic carbocycles. The van der Waals surface area contributed by atoms with E-state index in [9.17, 15) is 58.5 Å². The summed E-state index contributed by atoms with van der Waals surface area (Å²) in [6, 6.07) is 21.1. The number of H-pyrrole nitrogens is 2. The van der Waals surface area contributed by atoms with Crippen molar-refractivity contribution in [3.05, 3.63) is 154 Å². The van der Waals surface area contributed by atoms with Crippen LogP contribution in [0.4, 0.5) is 11.4 Å². The van der Waals surface area contributed by atoms with Crippen molar-refractivity contribution in [3.8, 4) is 11.5 Å². The molecule has 10 aliphatic heterocycles. The van der Waals surface area contributed by atoms with E-state index >= 15 is 9.59 Å². The number of anilines is 2. The smallest absolute Gasteiger partial charge is 0.394 e. The molecule has 6 aromatic rings. The molecule has 4 bridgehead atoms. The number of amides is 1. The number of fused-ring (bicyclic) bond motifs is 12. The number of carboxylic acid groups (broad SMARTS) is 4. The molecule has 15 N–H and O–H groups in total. The number of aliphatic hydroxyl groups excluding tert-OH is 4. The maximum Gasteiger partial charge on any atom is 0.394 e. The number of ether oxygens (including phenoxy) is 8. The Morgan fingerprint density at radius 1 is 0.521 bits per heavy atom. The Bertz CT molecular complexity index is 6120. The van der Waals surface area contributed by atoms with Gasteiger partial charge in [-0.3, -0.25) is 52.7 Å². The van der Waals surface area contributed by atoms with Crippen molar-refractivity contribution in [1.29, 1.82) is 0 Å². The lowest BCUT2D eigenvalue weighted by atomic mass is 9.47. The fourth-order valence-electron chi connectivity index (χ4n) is 26.7. The quantitative estimate of drug-likeness (QED) is 0.0161. The van der Waals surface area contributed by atoms with E-state index < -0.39 is 168 Å². The van der Waals surface area contributed by atoms with Crippen LogP contribution in [-0.2, 0) is 126 Å². The number of methoxy groups -OCH3 is 6. The number of aliphatic hydroxyl groups is 7. The van der Waals surface area contributed by atoms with Gasteiger partial charge in [0.2, 0.25) is 17.6 Å². The number of likely N-dealkylation sites (N-methyl/N-ethyl adjacent to an activating group) is 1. The molecule has 770 valence electrons. The molecule has 12 aliphatic rings. The van der Waals surface area contributed by atoms with E-state index in [1.807, 2.05) is 87.3 Å². The van der Waals surface area contributed by atoms with E-state index in [1.54, 1.807) is 13.2 Å². The van der Waals surface area contributed by atoms with Crippen molar-refractivity contribution in [2.24, 2.45) is 22.7 Å². The summed E-state index contributed by atoms with van der Waals surface area (Å²) in [5.74, 6) is -10.5. The molecule has 3 saturated heterocycles. The number of rotatable bonds is 21. The SMILES string of the molecule is CCC1=C[C@@H]2CN(C1)Cc1c([nH]c3ccccc13)[C@@](C(=O)OC)(c1cc3c(cc1OC)N(C)[C@H]1[C@@](O)(C(=O)OC)[C@H](OC(C)=O)[C@]4(CC)C=CCN5CC[C@]31[C@@H]54)C2.CC[C@]1(O)C[C@H]2CN(CCc3c([nH]c4ccccc34)[C@@](C(=O)OC)(c3cc4c(cc3OC)N(C=O)[C@H]3[C@@](O)(C(=O)OC)[C@H](OC(C)=O)[C@]5(CC)C=CCN6CC[C@]43[C@@H]65)C2)C1.O=C(O)C(O)C(O)C(=O)O.O=C(O)C(O)C(O)C(=O)O.O=S(=O)(O)O. The number of hydrogen-bond donors (Lipinski definition) is 15. The highest BCUT2D eigenvalue weighted by Gasteiger charge is 2.83. The number of carboxylic acids is 4. The van der Waals surface area contributed by atoms with Crippen molar-refractivity contribution >= 4 is 110 Å². The van der Waals surface area contributed by atoms with Crippen LogP contribution in [0.3, 0.4) is 0 Å². The normalized spacial score (nSPS) is 32.1. The highest BCUT2D eigenvalue weighted by Crippen LogP contribution is 2.71. The molecule has 2 saturated carbocycles. The fourth-order valence-corrected chi connectivity index (χ4v) is 26.7. The third kappa shape index (κ3) is 16.9. The maximum atomic E-state index is 15.3. The predicted molar refractivity (Wildman–Crippen MR) is 503 cm³/mol. The molecule has 43 heteroatoms. The average Bonchev–Trinajstić information content (AvgIpc) is 1.47. The number of esters is 6. The van der Waals surface area contributed by atoms with Gasteiger partial charge in [0.05, 0.1) is 66.0 Å². The molecule has 2 spiro atoms. The molecule has 2 aromatic heterocycles. The van der Waals surface area contributed by atoms with Crippen molar-refractivity contribution < 1.29 is 164 Å². The Balaban J connectivity index is 0.000000182. The molecule has 18 rings (SSSR count). The van der Waals surface area contributed by atoms with Gasteiger partial charge in [0.25, 0.3) is 0 Å². The molecule has 0 radical (unpaired) electrons.